The fourth-order valence-corrected chi connectivity index (χ4v) is 11.7. The van der Waals surface area contributed by atoms with Gasteiger partial charge in [0.1, 0.15) is 22.7 Å². The third-order valence-corrected chi connectivity index (χ3v) is 15.5. The summed E-state index contributed by atoms with van der Waals surface area (Å²) in [6.07, 6.45) is 5.77. The van der Waals surface area contributed by atoms with Gasteiger partial charge >= 0.3 is 21.1 Å². The van der Waals surface area contributed by atoms with E-state index in [4.69, 9.17) is 23.5 Å². The summed E-state index contributed by atoms with van der Waals surface area (Å²) in [6.45, 7) is 31.4. The van der Waals surface area contributed by atoms with Crippen LogP contribution in [0.3, 0.4) is 0 Å². The van der Waals surface area contributed by atoms with Crippen LogP contribution in [0.2, 0.25) is 0 Å². The summed E-state index contributed by atoms with van der Waals surface area (Å²) < 4.78 is 23.1. The first kappa shape index (κ1) is 49.6. The number of hydrogen-bond acceptors (Lipinski definition) is 7. The van der Waals surface area contributed by atoms with E-state index < -0.39 is 0 Å². The largest absolute Gasteiger partial charge is 2.00 e. The molecule has 10 aromatic rings. The molecule has 0 saturated heterocycles. The van der Waals surface area contributed by atoms with Crippen LogP contribution in [0.15, 0.2) is 106 Å². The van der Waals surface area contributed by atoms with Gasteiger partial charge in [-0.1, -0.05) is 132 Å². The van der Waals surface area contributed by atoms with Crippen LogP contribution in [-0.2, 0) is 44.7 Å². The molecule has 0 atom stereocenters. The molecule has 0 aliphatic rings. The summed E-state index contributed by atoms with van der Waals surface area (Å²) in [7, 11) is 0. The zero-order chi connectivity index (χ0) is 48.9. The molecule has 8 heteroatoms. The first-order chi connectivity index (χ1) is 32.4. The monoisotopic (exact) mass is 1140 g/mol. The average Bonchev–Trinajstić information content (AvgIpc) is 4.04. The number of benzene rings is 4. The molecule has 6 heterocycles. The predicted molar refractivity (Wildman–Crippen MR) is 291 cm³/mol. The first-order valence-corrected chi connectivity index (χ1v) is 25.7. The Bertz CT molecular complexity index is 3370. The van der Waals surface area contributed by atoms with Gasteiger partial charge < -0.3 is 23.5 Å². The van der Waals surface area contributed by atoms with Crippen LogP contribution in [0.25, 0.3) is 85.9 Å². The van der Waals surface area contributed by atoms with Gasteiger partial charge in [0.15, 0.2) is 0 Å². The number of ether oxygens (including phenoxy) is 1. The number of nitrogens with zero attached hydrogens (tertiary/aromatic N) is 2. The zero-order valence-corrected chi connectivity index (χ0v) is 46.8. The van der Waals surface area contributed by atoms with Gasteiger partial charge in [0.25, 0.3) is 0 Å². The van der Waals surface area contributed by atoms with E-state index in [1.165, 1.54) is 42.4 Å². The van der Waals surface area contributed by atoms with Crippen LogP contribution in [0, 0.1) is 36.8 Å². The normalized spacial score (nSPS) is 12.7. The molecule has 0 fully saturated rings. The molecular weight excluding hydrogens is 1080 g/mol. The minimum absolute atomic E-state index is 0. The van der Waals surface area contributed by atoms with Crippen molar-refractivity contribution >= 4 is 64.8 Å². The van der Waals surface area contributed by atoms with Crippen LogP contribution in [0.4, 0.5) is 0 Å². The average molecular weight is 1140 g/mol. The molecule has 70 heavy (non-hydrogen) atoms. The maximum absolute atomic E-state index is 6.90. The summed E-state index contributed by atoms with van der Waals surface area (Å²) in [5.41, 5.74) is 11.9. The Morgan fingerprint density at radius 2 is 0.914 bits per heavy atom. The fraction of sp³-hybridized carbons (Fsp3) is 0.323. The number of aromatic nitrogens is 2. The van der Waals surface area contributed by atoms with E-state index in [0.29, 0.717) is 11.5 Å². The standard InChI is InChI=1S/C62H62N2O3S2.Pt/c1-35-47-23-37(33-59(3,4)5)15-17-51(47)68-57(35)49-29-39-19-21-63-53(55(39)66-49)41-25-43(61(9,10)11)31-45(27-41)65-46-28-42(26-44(32-46)62(12,13)14)54-56-40(20-22-64-54)30-50(67-56)58-36(2)48-24-38(34-60(6,7)8)16-18-52(48)69-58;/h15-26,29-32H,33-34H2,1-14H3;/q-2;+2. The molecule has 6 aromatic heterocycles. The molecule has 0 bridgehead atoms. The van der Waals surface area contributed by atoms with E-state index in [0.717, 1.165) is 89.7 Å². The van der Waals surface area contributed by atoms with Crippen molar-refractivity contribution in [3.05, 3.63) is 143 Å². The second-order valence-corrected chi connectivity index (χ2v) is 25.6. The van der Waals surface area contributed by atoms with E-state index in [2.05, 4.69) is 182 Å². The molecule has 0 saturated carbocycles. The van der Waals surface area contributed by atoms with Crippen molar-refractivity contribution in [1.82, 2.24) is 9.97 Å². The third-order valence-electron chi connectivity index (χ3n) is 12.9. The summed E-state index contributed by atoms with van der Waals surface area (Å²) in [5.74, 6) is 2.83. The number of furan rings is 2. The van der Waals surface area contributed by atoms with Crippen molar-refractivity contribution in [1.29, 1.82) is 0 Å². The predicted octanol–water partition coefficient (Wildman–Crippen LogP) is 18.8. The van der Waals surface area contributed by atoms with Gasteiger partial charge in [0.05, 0.1) is 9.75 Å². The number of hydrogen-bond donors (Lipinski definition) is 0. The minimum Gasteiger partial charge on any atom is -0.497 e. The molecule has 4 aromatic carbocycles. The number of rotatable bonds is 8. The van der Waals surface area contributed by atoms with Crippen molar-refractivity contribution in [2.24, 2.45) is 10.8 Å². The summed E-state index contributed by atoms with van der Waals surface area (Å²) in [6, 6.07) is 37.9. The molecule has 0 N–H and O–H groups in total. The van der Waals surface area contributed by atoms with Crippen molar-refractivity contribution in [3.63, 3.8) is 0 Å². The molecule has 0 spiro atoms. The number of thiophene rings is 2. The van der Waals surface area contributed by atoms with Gasteiger partial charge in [-0.25, -0.2) is 0 Å². The van der Waals surface area contributed by atoms with E-state index in [-0.39, 0.29) is 42.7 Å². The van der Waals surface area contributed by atoms with E-state index in [1.807, 2.05) is 24.5 Å². The second-order valence-electron chi connectivity index (χ2n) is 23.5. The Morgan fingerprint density at radius 3 is 1.29 bits per heavy atom. The molecule has 0 aliphatic carbocycles. The Kier molecular flexibility index (Phi) is 12.8. The number of aryl methyl sites for hydroxylation is 2. The second kappa shape index (κ2) is 18.1. The third kappa shape index (κ3) is 9.96. The smallest absolute Gasteiger partial charge is 0.497 e. The Morgan fingerprint density at radius 1 is 0.514 bits per heavy atom. The van der Waals surface area contributed by atoms with Gasteiger partial charge in [-0.15, -0.1) is 57.1 Å². The molecule has 5 nitrogen and oxygen atoms in total. The van der Waals surface area contributed by atoms with Crippen LogP contribution in [0.5, 0.6) is 11.5 Å². The molecule has 360 valence electrons. The van der Waals surface area contributed by atoms with Crippen molar-refractivity contribution in [3.8, 4) is 55.3 Å². The Hall–Kier alpha value is -5.33. The Balaban J connectivity index is 0.00000608. The van der Waals surface area contributed by atoms with Gasteiger partial charge in [-0.05, 0) is 118 Å². The van der Waals surface area contributed by atoms with Gasteiger partial charge in [-0.3, -0.25) is 0 Å². The molecule has 0 aliphatic heterocycles. The quantitative estimate of drug-likeness (QED) is 0.142. The fourth-order valence-electron chi connectivity index (χ4n) is 9.42. The summed E-state index contributed by atoms with van der Waals surface area (Å²) in [4.78, 5) is 12.2. The van der Waals surface area contributed by atoms with Crippen molar-refractivity contribution in [2.45, 2.75) is 121 Å². The summed E-state index contributed by atoms with van der Waals surface area (Å²) in [5, 5.41) is 4.55. The molecule has 0 radical (unpaired) electrons. The van der Waals surface area contributed by atoms with Gasteiger partial charge in [0, 0.05) is 55.5 Å². The van der Waals surface area contributed by atoms with E-state index in [1.54, 1.807) is 22.7 Å². The zero-order valence-electron chi connectivity index (χ0n) is 42.9. The van der Waals surface area contributed by atoms with Crippen LogP contribution < -0.4 is 4.74 Å². The minimum atomic E-state index is -0.204. The maximum Gasteiger partial charge on any atom is 2.00 e. The van der Waals surface area contributed by atoms with Gasteiger partial charge in [0.2, 0.25) is 0 Å². The molecular formula is C62H62N2O3PtS2. The first-order valence-electron chi connectivity index (χ1n) is 24.1. The number of fused-ring (bicyclic) bond motifs is 4. The Labute approximate surface area is 436 Å². The van der Waals surface area contributed by atoms with Crippen molar-refractivity contribution < 1.29 is 34.6 Å². The molecule has 0 unspecified atom stereocenters. The SMILES string of the molecule is Cc1c(-c2cc3ccnc(-c4[c-]c(Oc5[c-]c(-c6nccc7cc(-c8sc9ccc(CC(C)(C)C)cc9c8C)oc67)cc(C(C)(C)C)c5)cc(C(C)(C)C)c4)c3o2)sc2ccc(CC(C)(C)C)cc12.[Pt+2]. The maximum atomic E-state index is 6.90. The van der Waals surface area contributed by atoms with Crippen LogP contribution in [-0.4, -0.2) is 9.97 Å². The van der Waals surface area contributed by atoms with Gasteiger partial charge in [-0.2, -0.15) is 0 Å². The van der Waals surface area contributed by atoms with E-state index in [9.17, 15) is 0 Å². The van der Waals surface area contributed by atoms with Crippen LogP contribution in [0.1, 0.15) is 116 Å². The van der Waals surface area contributed by atoms with Crippen LogP contribution >= 0.6 is 22.7 Å². The molecule has 10 rings (SSSR count). The molecule has 0 amide bonds. The topological polar surface area (TPSA) is 61.3 Å². The number of pyridine rings is 2. The van der Waals surface area contributed by atoms with Crippen molar-refractivity contribution in [2.75, 3.05) is 0 Å². The summed E-state index contributed by atoms with van der Waals surface area (Å²) >= 11 is 3.56. The van der Waals surface area contributed by atoms with E-state index >= 15 is 0 Å².